The van der Waals surface area contributed by atoms with Crippen molar-refractivity contribution >= 4 is 19.8 Å². The third-order valence-electron chi connectivity index (χ3n) is 9.11. The van der Waals surface area contributed by atoms with Gasteiger partial charge in [0.1, 0.15) is 18.8 Å². The van der Waals surface area contributed by atoms with E-state index in [1.807, 2.05) is 30.4 Å². The van der Waals surface area contributed by atoms with Gasteiger partial charge >= 0.3 is 19.8 Å². The van der Waals surface area contributed by atoms with Gasteiger partial charge in [-0.25, -0.2) is 4.57 Å². The average molecular weight is 811 g/mol. The normalized spacial score (nSPS) is 18.1. The number of aliphatic hydroxyl groups excluding tert-OH is 2. The second kappa shape index (κ2) is 35.8. The Kier molecular flexibility index (Phi) is 33.0. The molecule has 12 heteroatoms. The first kappa shape index (κ1) is 51.6. The summed E-state index contributed by atoms with van der Waals surface area (Å²) in [5, 5.41) is 18.3. The fourth-order valence-corrected chi connectivity index (χ4v) is 6.47. The van der Waals surface area contributed by atoms with Gasteiger partial charge in [0.15, 0.2) is 6.10 Å². The molecule has 0 aromatic rings. The molecule has 0 aromatic carbocycles. The predicted octanol–water partition coefficient (Wildman–Crippen LogP) is 10.1. The predicted molar refractivity (Wildman–Crippen MR) is 223 cm³/mol. The number of hydrogen-bond acceptors (Lipinski definition) is 10. The Hall–Kier alpha value is -2.37. The molecule has 11 nitrogen and oxygen atoms in total. The number of allylic oxidation sites excluding steroid dienone is 9. The molecule has 1 heterocycles. The molecule has 0 amide bonds. The maximum Gasteiger partial charge on any atom is 0.472 e. The Bertz CT molecular complexity index is 1180. The first-order valence-corrected chi connectivity index (χ1v) is 22.9. The molecular formula is C44H75O11P. The van der Waals surface area contributed by atoms with Gasteiger partial charge in [0.05, 0.1) is 25.9 Å². The van der Waals surface area contributed by atoms with Crippen LogP contribution in [0.25, 0.3) is 0 Å². The molecule has 5 unspecified atom stereocenters. The van der Waals surface area contributed by atoms with Gasteiger partial charge in [-0.1, -0.05) is 139 Å². The smallest absolute Gasteiger partial charge is 0.462 e. The van der Waals surface area contributed by atoms with Crippen molar-refractivity contribution in [3.8, 4) is 0 Å². The number of carbonyl (C=O) groups excluding carboxylic acids is 2. The summed E-state index contributed by atoms with van der Waals surface area (Å²) in [5.74, 6) is -1.03. The topological polar surface area (TPSA) is 161 Å². The minimum absolute atomic E-state index is 0.00370. The molecule has 56 heavy (non-hydrogen) atoms. The van der Waals surface area contributed by atoms with Crippen LogP contribution in [0.1, 0.15) is 155 Å². The number of hydrogen-bond donors (Lipinski definition) is 3. The zero-order valence-electron chi connectivity index (χ0n) is 34.5. The second-order valence-corrected chi connectivity index (χ2v) is 15.9. The zero-order valence-corrected chi connectivity index (χ0v) is 35.4. The number of epoxide rings is 1. The molecule has 3 N–H and O–H groups in total. The molecule has 1 saturated heterocycles. The van der Waals surface area contributed by atoms with Crippen LogP contribution in [-0.4, -0.2) is 77.9 Å². The summed E-state index contributed by atoms with van der Waals surface area (Å²) in [7, 11) is -4.65. The molecular weight excluding hydrogens is 735 g/mol. The van der Waals surface area contributed by atoms with Gasteiger partial charge in [-0.3, -0.25) is 18.6 Å². The van der Waals surface area contributed by atoms with Crippen molar-refractivity contribution in [1.29, 1.82) is 0 Å². The molecule has 5 atom stereocenters. The van der Waals surface area contributed by atoms with E-state index in [1.54, 1.807) is 0 Å². The fraction of sp³-hybridized carbons (Fsp3) is 0.727. The van der Waals surface area contributed by atoms with Gasteiger partial charge in [-0.15, -0.1) is 0 Å². The van der Waals surface area contributed by atoms with Crippen molar-refractivity contribution in [3.05, 3.63) is 60.8 Å². The van der Waals surface area contributed by atoms with Gasteiger partial charge in [0, 0.05) is 12.8 Å². The third-order valence-corrected chi connectivity index (χ3v) is 10.1. The molecule has 1 aliphatic rings. The van der Waals surface area contributed by atoms with Crippen LogP contribution in [-0.2, 0) is 37.4 Å². The van der Waals surface area contributed by atoms with Crippen molar-refractivity contribution in [2.45, 2.75) is 180 Å². The van der Waals surface area contributed by atoms with Crippen molar-refractivity contribution in [3.63, 3.8) is 0 Å². The van der Waals surface area contributed by atoms with E-state index in [-0.39, 0.29) is 31.7 Å². The van der Waals surface area contributed by atoms with Gasteiger partial charge < -0.3 is 29.3 Å². The molecule has 0 bridgehead atoms. The van der Waals surface area contributed by atoms with Crippen LogP contribution < -0.4 is 0 Å². The lowest BCUT2D eigenvalue weighted by Gasteiger charge is -2.20. The lowest BCUT2D eigenvalue weighted by Crippen LogP contribution is -2.30. The Morgan fingerprint density at radius 2 is 1.25 bits per heavy atom. The Morgan fingerprint density at radius 1 is 0.679 bits per heavy atom. The summed E-state index contributed by atoms with van der Waals surface area (Å²) in [6, 6.07) is 0. The van der Waals surface area contributed by atoms with E-state index < -0.39 is 51.8 Å². The number of unbranched alkanes of at least 4 members (excludes halogenated alkanes) is 14. The molecule has 1 rings (SSSR count). The Labute approximate surface area is 338 Å². The van der Waals surface area contributed by atoms with E-state index >= 15 is 0 Å². The van der Waals surface area contributed by atoms with Crippen molar-refractivity contribution in [1.82, 2.24) is 0 Å². The fourth-order valence-electron chi connectivity index (χ4n) is 5.68. The summed E-state index contributed by atoms with van der Waals surface area (Å²) in [4.78, 5) is 35.1. The highest BCUT2D eigenvalue weighted by atomic mass is 31.2. The van der Waals surface area contributed by atoms with Crippen molar-refractivity contribution in [2.24, 2.45) is 0 Å². The molecule has 0 aliphatic carbocycles. The van der Waals surface area contributed by atoms with Crippen LogP contribution in [0.2, 0.25) is 0 Å². The largest absolute Gasteiger partial charge is 0.472 e. The van der Waals surface area contributed by atoms with E-state index in [4.69, 9.17) is 23.8 Å². The maximum atomic E-state index is 12.7. The van der Waals surface area contributed by atoms with Crippen molar-refractivity contribution < 1.29 is 52.5 Å². The number of esters is 2. The van der Waals surface area contributed by atoms with Gasteiger partial charge in [0.2, 0.25) is 0 Å². The summed E-state index contributed by atoms with van der Waals surface area (Å²) < 4.78 is 38.4. The third kappa shape index (κ3) is 32.7. The highest BCUT2D eigenvalue weighted by Gasteiger charge is 2.35. The van der Waals surface area contributed by atoms with Crippen LogP contribution in [0.15, 0.2) is 60.8 Å². The van der Waals surface area contributed by atoms with E-state index in [0.29, 0.717) is 19.3 Å². The Morgan fingerprint density at radius 3 is 1.95 bits per heavy atom. The molecule has 322 valence electrons. The number of rotatable bonds is 38. The number of aliphatic hydroxyl groups is 2. The standard InChI is InChI=1S/C44H75O11P/c1-3-5-7-9-11-13-15-17-18-19-21-23-25-27-29-33-43(47)51-37-40(38-53-56(49,50)52-36-39(46)35-45)54-44(48)34-30-32-42-41(55-42)31-28-26-24-22-20-16-14-12-10-8-6-4-2/h12,14,17-18,20,22,24,26,28,31,39-42,45-46H,3-11,13,15-16,19,21,23,25,27,29-30,32-38H2,1-2H3,(H,49,50)/b14-12+,18-17-,22-20+,26-24-,31-28-. The summed E-state index contributed by atoms with van der Waals surface area (Å²) >= 11 is 0. The van der Waals surface area contributed by atoms with E-state index in [2.05, 4.69) is 48.8 Å². The molecule has 0 spiro atoms. The SMILES string of the molecule is CCCCC/C=C/C/C=C/C=C\C=C/C1OC1CCCC(=O)OC(COC(=O)CCCCCCC/C=C\CCCCCCCC)COP(=O)(O)OCC(O)CO. The maximum absolute atomic E-state index is 12.7. The van der Waals surface area contributed by atoms with Gasteiger partial charge in [0.25, 0.3) is 0 Å². The van der Waals surface area contributed by atoms with Gasteiger partial charge in [-0.2, -0.15) is 0 Å². The first-order valence-electron chi connectivity index (χ1n) is 21.4. The number of phosphoric ester groups is 1. The molecule has 1 fully saturated rings. The average Bonchev–Trinajstić information content (AvgIpc) is 3.94. The minimum Gasteiger partial charge on any atom is -0.462 e. The van der Waals surface area contributed by atoms with Crippen LogP contribution in [0, 0.1) is 0 Å². The highest BCUT2D eigenvalue weighted by Crippen LogP contribution is 2.43. The Balaban J connectivity index is 2.35. The monoisotopic (exact) mass is 811 g/mol. The minimum atomic E-state index is -4.65. The van der Waals surface area contributed by atoms with Gasteiger partial charge in [-0.05, 0) is 64.2 Å². The van der Waals surface area contributed by atoms with Crippen LogP contribution >= 0.6 is 7.82 Å². The van der Waals surface area contributed by atoms with Crippen LogP contribution in [0.5, 0.6) is 0 Å². The summed E-state index contributed by atoms with van der Waals surface area (Å²) in [6.45, 7) is 2.21. The number of ether oxygens (including phenoxy) is 3. The quantitative estimate of drug-likeness (QED) is 0.0136. The zero-order chi connectivity index (χ0) is 41.0. The van der Waals surface area contributed by atoms with E-state index in [0.717, 1.165) is 51.4 Å². The lowest BCUT2D eigenvalue weighted by atomic mass is 10.1. The second-order valence-electron chi connectivity index (χ2n) is 14.5. The highest BCUT2D eigenvalue weighted by molar-refractivity contribution is 7.47. The first-order chi connectivity index (χ1) is 27.2. The number of carbonyl (C=O) groups is 2. The summed E-state index contributed by atoms with van der Waals surface area (Å²) in [5.41, 5.74) is 0. The van der Waals surface area contributed by atoms with E-state index in [1.165, 1.54) is 57.8 Å². The summed E-state index contributed by atoms with van der Waals surface area (Å²) in [6.07, 6.45) is 40.7. The van der Waals surface area contributed by atoms with Crippen LogP contribution in [0.4, 0.5) is 0 Å². The van der Waals surface area contributed by atoms with Crippen LogP contribution in [0.3, 0.4) is 0 Å². The molecule has 0 aromatic heterocycles. The van der Waals surface area contributed by atoms with E-state index in [9.17, 15) is 24.2 Å². The lowest BCUT2D eigenvalue weighted by molar-refractivity contribution is -0.161. The molecule has 0 saturated carbocycles. The molecule has 1 aliphatic heterocycles. The van der Waals surface area contributed by atoms with Crippen molar-refractivity contribution in [2.75, 3.05) is 26.4 Å². The molecule has 0 radical (unpaired) electrons. The number of phosphoric acid groups is 1.